The summed E-state index contributed by atoms with van der Waals surface area (Å²) >= 11 is 5.36. The van der Waals surface area contributed by atoms with Gasteiger partial charge in [0.05, 0.1) is 25.9 Å². The molecule has 15 nitrogen and oxygen atoms in total. The topological polar surface area (TPSA) is 253 Å². The first kappa shape index (κ1) is 39.1. The summed E-state index contributed by atoms with van der Waals surface area (Å²) in [6, 6.07) is 4.11. The van der Waals surface area contributed by atoms with Crippen molar-refractivity contribution in [2.75, 3.05) is 0 Å². The quantitative estimate of drug-likeness (QED) is 0.102. The monoisotopic (exact) mass is 689 g/mol. The van der Waals surface area contributed by atoms with E-state index in [1.807, 2.05) is 0 Å². The molecule has 45 heavy (non-hydrogen) atoms. The number of guanidine groups is 1. The number of amides is 1. The standard InChI is InChI=1S/C14H20N4O5S.C13H16ClNO5S/c1-4-9(5-2)24(22,23)12-6-8(3)10(7-11(12)18(20)21)13(19)17-14(15)16;1-4-9(5-2)21(19,20)12-6-8(3)10(13(14)16)7-11(12)15(17)18/h6-7,9H,4-5H2,1-3H3,(H4,15,16,17,19);6-7,9H,4-5H2,1-3H3. The second kappa shape index (κ2) is 15.9. The van der Waals surface area contributed by atoms with Crippen LogP contribution in [0.15, 0.2) is 39.0 Å². The molecule has 0 spiro atoms. The van der Waals surface area contributed by atoms with Crippen LogP contribution in [0.1, 0.15) is 85.2 Å². The number of sulfone groups is 2. The number of hydrogen-bond donors (Lipinski definition) is 2. The van der Waals surface area contributed by atoms with Crippen LogP contribution in [-0.2, 0) is 19.7 Å². The maximum atomic E-state index is 12.7. The summed E-state index contributed by atoms with van der Waals surface area (Å²) in [4.78, 5) is 46.6. The van der Waals surface area contributed by atoms with Crippen molar-refractivity contribution in [3.05, 3.63) is 66.7 Å². The summed E-state index contributed by atoms with van der Waals surface area (Å²) in [5.41, 5.74) is 9.33. The molecular formula is C27H36ClN5O10S2. The Balaban J connectivity index is 0.000000454. The van der Waals surface area contributed by atoms with Gasteiger partial charge in [-0.15, -0.1) is 0 Å². The van der Waals surface area contributed by atoms with Crippen molar-refractivity contribution in [3.8, 4) is 0 Å². The lowest BCUT2D eigenvalue weighted by Crippen LogP contribution is -2.24. The fraction of sp³-hybridized carbons (Fsp3) is 0.444. The molecule has 2 aromatic carbocycles. The minimum atomic E-state index is -3.90. The molecule has 248 valence electrons. The molecule has 0 aliphatic heterocycles. The Kier molecular flexibility index (Phi) is 13.8. The Hall–Kier alpha value is -3.96. The van der Waals surface area contributed by atoms with Crippen LogP contribution in [0.4, 0.5) is 11.4 Å². The van der Waals surface area contributed by atoms with E-state index < -0.39 is 73.4 Å². The van der Waals surface area contributed by atoms with Gasteiger partial charge in [-0.1, -0.05) is 27.7 Å². The van der Waals surface area contributed by atoms with Gasteiger partial charge in [0, 0.05) is 17.7 Å². The molecule has 0 fully saturated rings. The van der Waals surface area contributed by atoms with Gasteiger partial charge in [0.1, 0.15) is 9.79 Å². The van der Waals surface area contributed by atoms with Gasteiger partial charge < -0.3 is 11.5 Å². The van der Waals surface area contributed by atoms with Crippen LogP contribution in [0.25, 0.3) is 0 Å². The average Bonchev–Trinajstić information content (AvgIpc) is 2.93. The number of aliphatic imine (C=N–C) groups is 1. The lowest BCUT2D eigenvalue weighted by molar-refractivity contribution is -0.388. The Labute approximate surface area is 266 Å². The number of nitro groups is 2. The number of benzene rings is 2. The summed E-state index contributed by atoms with van der Waals surface area (Å²) in [5.74, 6) is -1.36. The minimum absolute atomic E-state index is 0.0631. The Bertz CT molecular complexity index is 1730. The van der Waals surface area contributed by atoms with E-state index >= 15 is 0 Å². The molecule has 1 amide bonds. The molecule has 0 saturated heterocycles. The number of carbonyl (C=O) groups is 2. The number of nitrogens with zero attached hydrogens (tertiary/aromatic N) is 3. The molecular weight excluding hydrogens is 654 g/mol. The number of nitrogens with two attached hydrogens (primary N) is 2. The molecule has 0 atom stereocenters. The zero-order valence-corrected chi connectivity index (χ0v) is 28.0. The normalized spacial score (nSPS) is 11.5. The summed E-state index contributed by atoms with van der Waals surface area (Å²) < 4.78 is 50.4. The number of aryl methyl sites for hydroxylation is 2. The summed E-state index contributed by atoms with van der Waals surface area (Å²) in [6.07, 6.45) is 1.35. The minimum Gasteiger partial charge on any atom is -0.370 e. The summed E-state index contributed by atoms with van der Waals surface area (Å²) in [7, 11) is -7.74. The maximum Gasteiger partial charge on any atom is 0.288 e. The molecule has 0 bridgehead atoms. The van der Waals surface area contributed by atoms with Crippen LogP contribution in [0.5, 0.6) is 0 Å². The summed E-state index contributed by atoms with van der Waals surface area (Å²) in [6.45, 7) is 9.76. The number of hydrogen-bond acceptors (Lipinski definition) is 10. The lowest BCUT2D eigenvalue weighted by Gasteiger charge is -2.15. The van der Waals surface area contributed by atoms with Crippen LogP contribution in [0.3, 0.4) is 0 Å². The van der Waals surface area contributed by atoms with E-state index in [-0.39, 0.29) is 21.6 Å². The van der Waals surface area contributed by atoms with Gasteiger partial charge in [-0.25, -0.2) is 16.8 Å². The third-order valence-corrected chi connectivity index (χ3v) is 12.2. The third-order valence-electron chi connectivity index (χ3n) is 6.99. The second-order valence-electron chi connectivity index (χ2n) is 9.87. The van der Waals surface area contributed by atoms with Gasteiger partial charge in [-0.05, 0) is 74.4 Å². The van der Waals surface area contributed by atoms with Gasteiger partial charge >= 0.3 is 0 Å². The molecule has 0 radical (unpaired) electrons. The van der Waals surface area contributed by atoms with Crippen molar-refractivity contribution in [2.24, 2.45) is 16.5 Å². The highest BCUT2D eigenvalue weighted by molar-refractivity contribution is 7.92. The molecule has 0 aliphatic carbocycles. The van der Waals surface area contributed by atoms with Gasteiger partial charge in [-0.2, -0.15) is 4.99 Å². The van der Waals surface area contributed by atoms with Crippen LogP contribution in [-0.4, -0.2) is 54.3 Å². The molecule has 18 heteroatoms. The zero-order chi connectivity index (χ0) is 35.0. The molecule has 2 rings (SSSR count). The van der Waals surface area contributed by atoms with Crippen LogP contribution in [0.2, 0.25) is 0 Å². The Morgan fingerprint density at radius 1 is 0.756 bits per heavy atom. The number of halogens is 1. The summed E-state index contributed by atoms with van der Waals surface area (Å²) in [5, 5.41) is 20.2. The Morgan fingerprint density at radius 3 is 1.38 bits per heavy atom. The van der Waals surface area contributed by atoms with E-state index in [0.717, 1.165) is 24.3 Å². The van der Waals surface area contributed by atoms with Crippen molar-refractivity contribution in [1.29, 1.82) is 0 Å². The first-order valence-electron chi connectivity index (χ1n) is 13.6. The zero-order valence-electron chi connectivity index (χ0n) is 25.6. The smallest absolute Gasteiger partial charge is 0.288 e. The predicted molar refractivity (Wildman–Crippen MR) is 169 cm³/mol. The lowest BCUT2D eigenvalue weighted by atomic mass is 10.1. The first-order chi connectivity index (χ1) is 20.7. The van der Waals surface area contributed by atoms with Gasteiger partial charge in [0.25, 0.3) is 22.5 Å². The highest BCUT2D eigenvalue weighted by Gasteiger charge is 2.34. The van der Waals surface area contributed by atoms with Gasteiger partial charge in [-0.3, -0.25) is 29.8 Å². The van der Waals surface area contributed by atoms with Crippen molar-refractivity contribution in [3.63, 3.8) is 0 Å². The molecule has 2 aromatic rings. The van der Waals surface area contributed by atoms with E-state index in [0.29, 0.717) is 31.2 Å². The largest absolute Gasteiger partial charge is 0.370 e. The molecule has 0 aliphatic rings. The van der Waals surface area contributed by atoms with Gasteiger partial charge in [0.15, 0.2) is 25.6 Å². The van der Waals surface area contributed by atoms with E-state index in [4.69, 9.17) is 23.1 Å². The molecule has 4 N–H and O–H groups in total. The predicted octanol–water partition coefficient (Wildman–Crippen LogP) is 4.52. The van der Waals surface area contributed by atoms with E-state index in [2.05, 4.69) is 4.99 Å². The van der Waals surface area contributed by atoms with Crippen molar-refractivity contribution < 1.29 is 36.3 Å². The molecule has 0 saturated carbocycles. The van der Waals surface area contributed by atoms with Crippen LogP contribution >= 0.6 is 11.6 Å². The highest BCUT2D eigenvalue weighted by atomic mass is 35.5. The van der Waals surface area contributed by atoms with Crippen LogP contribution in [0, 0.1) is 34.1 Å². The van der Waals surface area contributed by atoms with Crippen molar-refractivity contribution >= 4 is 59.8 Å². The highest BCUT2D eigenvalue weighted by Crippen LogP contribution is 2.33. The molecule has 0 aromatic heterocycles. The number of nitro benzene ring substituents is 2. The SMILES string of the molecule is CCC(CC)S(=O)(=O)c1cc(C)c(C(=O)Cl)cc1[N+](=O)[O-].CCC(CC)S(=O)(=O)c1cc(C)c(C(=O)N=C(N)N)cc1[N+](=O)[O-]. The maximum absolute atomic E-state index is 12.7. The van der Waals surface area contributed by atoms with E-state index in [9.17, 15) is 46.7 Å². The Morgan fingerprint density at radius 2 is 1.09 bits per heavy atom. The average molecular weight is 690 g/mol. The molecule has 0 unspecified atom stereocenters. The molecule has 0 heterocycles. The second-order valence-corrected chi connectivity index (χ2v) is 14.6. The number of carbonyl (C=O) groups excluding carboxylic acids is 2. The third kappa shape index (κ3) is 9.04. The first-order valence-corrected chi connectivity index (χ1v) is 17.1. The van der Waals surface area contributed by atoms with Crippen molar-refractivity contribution in [1.82, 2.24) is 0 Å². The van der Waals surface area contributed by atoms with E-state index in [1.54, 1.807) is 27.7 Å². The van der Waals surface area contributed by atoms with Crippen molar-refractivity contribution in [2.45, 2.75) is 87.5 Å². The van der Waals surface area contributed by atoms with Gasteiger partial charge in [0.2, 0.25) is 0 Å². The van der Waals surface area contributed by atoms with E-state index in [1.165, 1.54) is 13.8 Å². The fourth-order valence-corrected chi connectivity index (χ4v) is 8.72. The number of rotatable bonds is 12. The van der Waals surface area contributed by atoms with Crippen LogP contribution < -0.4 is 11.5 Å². The fourth-order valence-electron chi connectivity index (χ4n) is 4.51.